The van der Waals surface area contributed by atoms with E-state index in [4.69, 9.17) is 0 Å². The third-order valence-electron chi connectivity index (χ3n) is 2.93. The fourth-order valence-electron chi connectivity index (χ4n) is 2.10. The molecule has 0 saturated carbocycles. The molecular formula is C16H25N3. The van der Waals surface area contributed by atoms with E-state index >= 15 is 0 Å². The Morgan fingerprint density at radius 3 is 2.05 bits per heavy atom. The van der Waals surface area contributed by atoms with Crippen molar-refractivity contribution in [2.75, 3.05) is 26.3 Å². The van der Waals surface area contributed by atoms with Crippen molar-refractivity contribution < 1.29 is 0 Å². The van der Waals surface area contributed by atoms with Crippen molar-refractivity contribution in [3.05, 3.63) is 61.8 Å². The molecule has 0 aromatic rings. The summed E-state index contributed by atoms with van der Waals surface area (Å²) in [5, 5.41) is 0. The minimum atomic E-state index is 0.734. The summed E-state index contributed by atoms with van der Waals surface area (Å²) in [6.07, 6.45) is 1.89. The zero-order chi connectivity index (χ0) is 14.6. The van der Waals surface area contributed by atoms with Gasteiger partial charge in [-0.15, -0.1) is 6.58 Å². The molecule has 1 rings (SSSR count). The second kappa shape index (κ2) is 6.32. The number of hydrogen-bond acceptors (Lipinski definition) is 3. The molecular weight excluding hydrogens is 234 g/mol. The summed E-state index contributed by atoms with van der Waals surface area (Å²) in [7, 11) is 0. The Morgan fingerprint density at radius 1 is 1.05 bits per heavy atom. The van der Waals surface area contributed by atoms with E-state index in [-0.39, 0.29) is 0 Å². The van der Waals surface area contributed by atoms with Gasteiger partial charge in [0.15, 0.2) is 0 Å². The molecule has 0 aromatic heterocycles. The van der Waals surface area contributed by atoms with Gasteiger partial charge in [0.05, 0.1) is 6.67 Å². The Bertz CT molecular complexity index is 420. The molecule has 0 unspecified atom stereocenters. The molecule has 0 aromatic carbocycles. The molecule has 0 atom stereocenters. The van der Waals surface area contributed by atoms with E-state index in [9.17, 15) is 0 Å². The van der Waals surface area contributed by atoms with Gasteiger partial charge in [-0.1, -0.05) is 43.5 Å². The molecule has 0 bridgehead atoms. The summed E-state index contributed by atoms with van der Waals surface area (Å²) >= 11 is 0. The van der Waals surface area contributed by atoms with Gasteiger partial charge < -0.3 is 14.7 Å². The standard InChI is InChI=1S/C16H25N3/c1-8-9-17-12-18(10-13(2)3)16(7)19(15(17)6)11-14(4)5/h8H,1-2,4,6-7,9-12H2,3,5H3. The van der Waals surface area contributed by atoms with Crippen LogP contribution < -0.4 is 0 Å². The Labute approximate surface area is 117 Å². The maximum absolute atomic E-state index is 4.18. The van der Waals surface area contributed by atoms with Crippen molar-refractivity contribution >= 4 is 0 Å². The fraction of sp³-hybridized carbons (Fsp3) is 0.375. The van der Waals surface area contributed by atoms with E-state index in [0.29, 0.717) is 0 Å². The number of rotatable bonds is 6. The van der Waals surface area contributed by atoms with Crippen LogP contribution in [-0.2, 0) is 0 Å². The molecule has 0 radical (unpaired) electrons. The molecule has 1 aliphatic rings. The summed E-state index contributed by atoms with van der Waals surface area (Å²) in [4.78, 5) is 6.47. The quantitative estimate of drug-likeness (QED) is 0.679. The molecule has 3 heteroatoms. The zero-order valence-corrected chi connectivity index (χ0v) is 12.3. The van der Waals surface area contributed by atoms with Gasteiger partial charge in [-0.25, -0.2) is 0 Å². The second-order valence-corrected chi connectivity index (χ2v) is 5.18. The average molecular weight is 259 g/mol. The van der Waals surface area contributed by atoms with Crippen LogP contribution in [0.4, 0.5) is 0 Å². The van der Waals surface area contributed by atoms with Gasteiger partial charge in [0, 0.05) is 19.6 Å². The normalized spacial score (nSPS) is 15.8. The van der Waals surface area contributed by atoms with Crippen LogP contribution in [0, 0.1) is 0 Å². The van der Waals surface area contributed by atoms with Crippen molar-refractivity contribution in [2.45, 2.75) is 13.8 Å². The van der Waals surface area contributed by atoms with E-state index < -0.39 is 0 Å². The van der Waals surface area contributed by atoms with E-state index in [1.54, 1.807) is 0 Å². The first kappa shape index (κ1) is 15.2. The zero-order valence-electron chi connectivity index (χ0n) is 12.3. The van der Waals surface area contributed by atoms with E-state index in [0.717, 1.165) is 49.1 Å². The number of nitrogens with zero attached hydrogens (tertiary/aromatic N) is 3. The molecule has 0 spiro atoms. The minimum absolute atomic E-state index is 0.734. The van der Waals surface area contributed by atoms with Gasteiger partial charge in [0.1, 0.15) is 11.6 Å². The van der Waals surface area contributed by atoms with Crippen LogP contribution in [0.1, 0.15) is 13.8 Å². The monoisotopic (exact) mass is 259 g/mol. The van der Waals surface area contributed by atoms with Gasteiger partial charge in [0.25, 0.3) is 0 Å². The Balaban J connectivity index is 2.95. The summed E-state index contributed by atoms with van der Waals surface area (Å²) in [6, 6.07) is 0. The highest BCUT2D eigenvalue weighted by Gasteiger charge is 2.27. The van der Waals surface area contributed by atoms with Crippen molar-refractivity contribution in [2.24, 2.45) is 0 Å². The highest BCUT2D eigenvalue weighted by Crippen LogP contribution is 2.25. The van der Waals surface area contributed by atoms with Crippen LogP contribution in [0.2, 0.25) is 0 Å². The third-order valence-corrected chi connectivity index (χ3v) is 2.93. The first-order chi connectivity index (χ1) is 8.86. The van der Waals surface area contributed by atoms with Gasteiger partial charge in [-0.3, -0.25) is 0 Å². The predicted octanol–water partition coefficient (Wildman–Crippen LogP) is 3.14. The van der Waals surface area contributed by atoms with Gasteiger partial charge in [-0.2, -0.15) is 0 Å². The first-order valence-electron chi connectivity index (χ1n) is 6.41. The van der Waals surface area contributed by atoms with Gasteiger partial charge in [-0.05, 0) is 13.8 Å². The smallest absolute Gasteiger partial charge is 0.104 e. The summed E-state index contributed by atoms with van der Waals surface area (Å²) in [5.41, 5.74) is 2.19. The van der Waals surface area contributed by atoms with Crippen molar-refractivity contribution in [3.63, 3.8) is 0 Å². The molecule has 1 fully saturated rings. The molecule has 0 amide bonds. The molecule has 1 aliphatic heterocycles. The van der Waals surface area contributed by atoms with Crippen LogP contribution in [0.5, 0.6) is 0 Å². The lowest BCUT2D eigenvalue weighted by Gasteiger charge is -2.47. The minimum Gasteiger partial charge on any atom is -0.337 e. The fourth-order valence-corrected chi connectivity index (χ4v) is 2.10. The van der Waals surface area contributed by atoms with E-state index in [2.05, 4.69) is 47.6 Å². The first-order valence-corrected chi connectivity index (χ1v) is 6.41. The maximum atomic E-state index is 4.18. The lowest BCUT2D eigenvalue weighted by molar-refractivity contribution is 0.0917. The number of hydrogen-bond donors (Lipinski definition) is 0. The maximum Gasteiger partial charge on any atom is 0.104 e. The summed E-state index contributed by atoms with van der Waals surface area (Å²) < 4.78 is 0. The Hall–Kier alpha value is -1.90. The lowest BCUT2D eigenvalue weighted by Crippen LogP contribution is -2.51. The van der Waals surface area contributed by atoms with Crippen LogP contribution >= 0.6 is 0 Å². The summed E-state index contributed by atoms with van der Waals surface area (Å²) in [6.45, 7) is 27.2. The molecule has 1 saturated heterocycles. The van der Waals surface area contributed by atoms with Crippen molar-refractivity contribution in [3.8, 4) is 0 Å². The van der Waals surface area contributed by atoms with Crippen LogP contribution in [-0.4, -0.2) is 41.0 Å². The SMILES string of the molecule is C=CCN1CN(CC(=C)C)C(=C)N(CC(=C)C)C1=C. The highest BCUT2D eigenvalue weighted by molar-refractivity contribution is 5.16. The Morgan fingerprint density at radius 2 is 1.58 bits per heavy atom. The van der Waals surface area contributed by atoms with E-state index in [1.165, 1.54) is 0 Å². The lowest BCUT2D eigenvalue weighted by atomic mass is 10.2. The van der Waals surface area contributed by atoms with Crippen molar-refractivity contribution in [1.29, 1.82) is 0 Å². The highest BCUT2D eigenvalue weighted by atomic mass is 15.5. The van der Waals surface area contributed by atoms with Gasteiger partial charge >= 0.3 is 0 Å². The molecule has 0 aliphatic carbocycles. The second-order valence-electron chi connectivity index (χ2n) is 5.18. The largest absolute Gasteiger partial charge is 0.337 e. The Kier molecular flexibility index (Phi) is 5.04. The average Bonchev–Trinajstić information content (AvgIpc) is 2.30. The topological polar surface area (TPSA) is 9.72 Å². The van der Waals surface area contributed by atoms with Crippen LogP contribution in [0.3, 0.4) is 0 Å². The molecule has 19 heavy (non-hydrogen) atoms. The van der Waals surface area contributed by atoms with Crippen LogP contribution in [0.25, 0.3) is 0 Å². The van der Waals surface area contributed by atoms with Gasteiger partial charge in [0.2, 0.25) is 0 Å². The molecule has 0 N–H and O–H groups in total. The van der Waals surface area contributed by atoms with E-state index in [1.807, 2.05) is 19.9 Å². The molecule has 1 heterocycles. The summed E-state index contributed by atoms with van der Waals surface area (Å²) in [5.74, 6) is 1.90. The molecule has 104 valence electrons. The van der Waals surface area contributed by atoms with Crippen molar-refractivity contribution in [1.82, 2.24) is 14.7 Å². The third kappa shape index (κ3) is 3.78. The van der Waals surface area contributed by atoms with Crippen LogP contribution in [0.15, 0.2) is 61.8 Å². The molecule has 3 nitrogen and oxygen atoms in total. The predicted molar refractivity (Wildman–Crippen MR) is 83.1 cm³/mol.